The molecule has 0 amide bonds. The van der Waals surface area contributed by atoms with E-state index in [1.54, 1.807) is 0 Å². The van der Waals surface area contributed by atoms with Crippen molar-refractivity contribution >= 4 is 0 Å². The second-order valence-corrected chi connectivity index (χ2v) is 1.15. The van der Waals surface area contributed by atoms with Crippen LogP contribution in [0.4, 0.5) is 0 Å². The molecular weight excluding hydrogens is 136 g/mol. The van der Waals surface area contributed by atoms with E-state index >= 15 is 0 Å². The van der Waals surface area contributed by atoms with Gasteiger partial charge in [-0.15, -0.1) is 6.04 Å². The first-order chi connectivity index (χ1) is 1.73. The molecule has 0 spiro atoms. The van der Waals surface area contributed by atoms with Crippen molar-refractivity contribution in [1.29, 1.82) is 0 Å². The van der Waals surface area contributed by atoms with Crippen LogP contribution in [0.5, 0.6) is 0 Å². The van der Waals surface area contributed by atoms with Gasteiger partial charge in [0.1, 0.15) is 0 Å². The molecule has 1 nitrogen and oxygen atoms in total. The number of nitrogens with one attached hydrogen (secondary N) is 1. The van der Waals surface area contributed by atoms with Crippen molar-refractivity contribution in [2.45, 2.75) is 19.9 Å². The summed E-state index contributed by atoms with van der Waals surface area (Å²) in [4.78, 5) is 0. The molecule has 0 aromatic rings. The van der Waals surface area contributed by atoms with Crippen LogP contribution < -0.4 is 58.2 Å². The Bertz CT molecular complexity index is 11.6. The molecule has 0 unspecified atom stereocenters. The maximum Gasteiger partial charge on any atom is 1.00 e. The minimum Gasteiger partial charge on any atom is -0.675 e. The Balaban J connectivity index is 0. The summed E-state index contributed by atoms with van der Waals surface area (Å²) >= 11 is 0. The Morgan fingerprint density at radius 2 is 1.40 bits per heavy atom. The second kappa shape index (κ2) is 5.77. The van der Waals surface area contributed by atoms with Crippen LogP contribution in [-0.2, 0) is 0 Å². The van der Waals surface area contributed by atoms with Crippen LogP contribution in [0.2, 0.25) is 0 Å². The van der Waals surface area contributed by atoms with Gasteiger partial charge in [0, 0.05) is 0 Å². The van der Waals surface area contributed by atoms with Gasteiger partial charge in [0.05, 0.1) is 0 Å². The molecule has 0 rings (SSSR count). The topological polar surface area (TPSA) is 23.8 Å². The normalized spacial score (nSPS) is 7.20. The van der Waals surface area contributed by atoms with Gasteiger partial charge in [0.2, 0.25) is 0 Å². The average molecular weight is 144 g/mol. The van der Waals surface area contributed by atoms with Gasteiger partial charge in [-0.2, -0.15) is 0 Å². The van der Waals surface area contributed by atoms with Crippen molar-refractivity contribution < 1.29 is 58.2 Å². The zero-order valence-corrected chi connectivity index (χ0v) is 8.99. The summed E-state index contributed by atoms with van der Waals surface area (Å²) in [5.41, 5.74) is 6.58. The third-order valence-electron chi connectivity index (χ3n) is 0. The predicted molar refractivity (Wildman–Crippen MR) is 19.5 cm³/mol. The molecule has 0 fully saturated rings. The van der Waals surface area contributed by atoms with Gasteiger partial charge in [-0.1, -0.05) is 13.8 Å². The van der Waals surface area contributed by atoms with E-state index in [1.807, 2.05) is 13.8 Å². The number of hydrogen-bond donors (Lipinski definition) is 0. The molecular formula is C3H8NRb. The van der Waals surface area contributed by atoms with Crippen molar-refractivity contribution in [3.63, 3.8) is 0 Å². The van der Waals surface area contributed by atoms with Crippen LogP contribution in [0.25, 0.3) is 5.73 Å². The van der Waals surface area contributed by atoms with Crippen molar-refractivity contribution in [2.75, 3.05) is 0 Å². The average Bonchev–Trinajstić information content (AvgIpc) is 0.811. The summed E-state index contributed by atoms with van der Waals surface area (Å²) in [6, 6.07) is 0.0833. The van der Waals surface area contributed by atoms with Gasteiger partial charge in [0.25, 0.3) is 0 Å². The fraction of sp³-hybridized carbons (Fsp3) is 1.00. The first kappa shape index (κ1) is 9.90. The molecule has 0 saturated heterocycles. The Morgan fingerprint density at radius 1 is 1.40 bits per heavy atom. The van der Waals surface area contributed by atoms with Crippen LogP contribution in [0.1, 0.15) is 13.8 Å². The molecule has 0 heterocycles. The SMILES string of the molecule is CC(C)[NH-].[Rb+]. The molecule has 0 aromatic heterocycles. The van der Waals surface area contributed by atoms with Crippen LogP contribution in [-0.4, -0.2) is 6.04 Å². The van der Waals surface area contributed by atoms with Crippen molar-refractivity contribution in [3.8, 4) is 0 Å². The van der Waals surface area contributed by atoms with Gasteiger partial charge in [-0.05, 0) is 0 Å². The molecule has 5 heavy (non-hydrogen) atoms. The fourth-order valence-corrected chi connectivity index (χ4v) is 0. The van der Waals surface area contributed by atoms with Crippen LogP contribution >= 0.6 is 0 Å². The van der Waals surface area contributed by atoms with Crippen LogP contribution in [0.3, 0.4) is 0 Å². The Hall–Kier alpha value is 1.77. The van der Waals surface area contributed by atoms with E-state index in [-0.39, 0.29) is 64.2 Å². The van der Waals surface area contributed by atoms with E-state index in [9.17, 15) is 0 Å². The smallest absolute Gasteiger partial charge is 0.675 e. The Morgan fingerprint density at radius 3 is 1.40 bits per heavy atom. The molecule has 26 valence electrons. The first-order valence-electron chi connectivity index (χ1n) is 1.44. The molecule has 1 N–H and O–H groups in total. The van der Waals surface area contributed by atoms with E-state index in [0.717, 1.165) is 0 Å². The van der Waals surface area contributed by atoms with E-state index < -0.39 is 0 Å². The standard InChI is InChI=1S/C3H8N.Rb/c1-3(2)4;/h3-4H,1-2H3;/q-1;+1. The van der Waals surface area contributed by atoms with Gasteiger partial charge in [-0.3, -0.25) is 0 Å². The maximum absolute atomic E-state index is 6.58. The summed E-state index contributed by atoms with van der Waals surface area (Å²) < 4.78 is 0. The van der Waals surface area contributed by atoms with Gasteiger partial charge < -0.3 is 5.73 Å². The first-order valence-corrected chi connectivity index (χ1v) is 1.44. The molecule has 0 bridgehead atoms. The fourth-order valence-electron chi connectivity index (χ4n) is 0. The quantitative estimate of drug-likeness (QED) is 0.392. The monoisotopic (exact) mass is 143 g/mol. The van der Waals surface area contributed by atoms with Crippen molar-refractivity contribution in [2.24, 2.45) is 0 Å². The minimum atomic E-state index is 0. The zero-order chi connectivity index (χ0) is 3.58. The molecule has 0 atom stereocenters. The molecule has 0 aliphatic rings. The Labute approximate surface area is 82.1 Å². The molecule has 0 saturated carbocycles. The van der Waals surface area contributed by atoms with E-state index in [0.29, 0.717) is 0 Å². The third-order valence-corrected chi connectivity index (χ3v) is 0. The van der Waals surface area contributed by atoms with Gasteiger partial charge in [0.15, 0.2) is 0 Å². The summed E-state index contributed by atoms with van der Waals surface area (Å²) in [5, 5.41) is 0. The summed E-state index contributed by atoms with van der Waals surface area (Å²) in [6.07, 6.45) is 0. The summed E-state index contributed by atoms with van der Waals surface area (Å²) in [7, 11) is 0. The van der Waals surface area contributed by atoms with Gasteiger partial charge in [-0.25, -0.2) is 0 Å². The summed E-state index contributed by atoms with van der Waals surface area (Å²) in [5.74, 6) is 0. The van der Waals surface area contributed by atoms with Crippen LogP contribution in [0, 0.1) is 0 Å². The Kier molecular flexibility index (Phi) is 11.4. The molecule has 2 heteroatoms. The number of rotatable bonds is 0. The van der Waals surface area contributed by atoms with Crippen molar-refractivity contribution in [1.82, 2.24) is 0 Å². The van der Waals surface area contributed by atoms with Gasteiger partial charge >= 0.3 is 58.2 Å². The zero-order valence-electron chi connectivity index (χ0n) is 4.08. The maximum atomic E-state index is 6.58. The number of hydrogen-bond acceptors (Lipinski definition) is 0. The summed E-state index contributed by atoms with van der Waals surface area (Å²) in [6.45, 7) is 3.67. The van der Waals surface area contributed by atoms with E-state index in [4.69, 9.17) is 5.73 Å². The third kappa shape index (κ3) is 26.2. The van der Waals surface area contributed by atoms with Crippen molar-refractivity contribution in [3.05, 3.63) is 5.73 Å². The van der Waals surface area contributed by atoms with Crippen LogP contribution in [0.15, 0.2) is 0 Å². The molecule has 0 aliphatic heterocycles. The predicted octanol–water partition coefficient (Wildman–Crippen LogP) is -1.55. The second-order valence-electron chi connectivity index (χ2n) is 1.15. The molecule has 0 aromatic carbocycles. The molecule has 0 aliphatic carbocycles. The van der Waals surface area contributed by atoms with E-state index in [1.165, 1.54) is 0 Å². The largest absolute Gasteiger partial charge is 1.00 e. The molecule has 0 radical (unpaired) electrons. The minimum absolute atomic E-state index is 0. The van der Waals surface area contributed by atoms with E-state index in [2.05, 4.69) is 0 Å².